The maximum absolute atomic E-state index is 13.2. The van der Waals surface area contributed by atoms with Crippen molar-refractivity contribution in [1.29, 1.82) is 0 Å². The van der Waals surface area contributed by atoms with Gasteiger partial charge in [0.1, 0.15) is 24.0 Å². The smallest absolute Gasteiger partial charge is 0.255 e. The van der Waals surface area contributed by atoms with Gasteiger partial charge in [0.15, 0.2) is 5.82 Å². The number of hydrogen-bond donors (Lipinski definition) is 4. The molecule has 0 bridgehead atoms. The minimum absolute atomic E-state index is 0.0329. The van der Waals surface area contributed by atoms with Crippen LogP contribution in [0.1, 0.15) is 48.0 Å². The summed E-state index contributed by atoms with van der Waals surface area (Å²) in [5.41, 5.74) is 4.00. The number of carbonyl (C=O) groups is 4. The van der Waals surface area contributed by atoms with Crippen molar-refractivity contribution in [1.82, 2.24) is 35.3 Å². The summed E-state index contributed by atoms with van der Waals surface area (Å²) in [7, 11) is -0.911. The van der Waals surface area contributed by atoms with Gasteiger partial charge in [-0.25, -0.2) is 4.98 Å². The monoisotopic (exact) mass is 942 g/mol. The van der Waals surface area contributed by atoms with Crippen LogP contribution in [0.3, 0.4) is 0 Å². The van der Waals surface area contributed by atoms with E-state index in [2.05, 4.69) is 52.0 Å². The number of anilines is 5. The number of ether oxygens (including phenoxy) is 1. The maximum Gasteiger partial charge on any atom is 0.255 e. The number of halogens is 1. The molecule has 0 aliphatic carbocycles. The normalized spacial score (nSPS) is 18.6. The molecule has 0 radical (unpaired) electrons. The van der Waals surface area contributed by atoms with Gasteiger partial charge in [-0.15, -0.1) is 11.8 Å². The number of benzene rings is 3. The Kier molecular flexibility index (Phi) is 14.6. The number of nitrogens with one attached hydrogen (secondary N) is 4. The fraction of sp³-hybridized carbons (Fsp3) is 0.435. The average molecular weight is 944 g/mol. The third kappa shape index (κ3) is 11.1. The molecule has 4 aromatic rings. The molecule has 3 fully saturated rings. The molecule has 344 valence electrons. The van der Waals surface area contributed by atoms with Crippen molar-refractivity contribution in [3.05, 3.63) is 83.0 Å². The minimum Gasteiger partial charge on any atom is -0.494 e. The Balaban J connectivity index is 0.744. The second-order valence-electron chi connectivity index (χ2n) is 17.2. The van der Waals surface area contributed by atoms with Gasteiger partial charge in [-0.2, -0.15) is 4.98 Å². The summed E-state index contributed by atoms with van der Waals surface area (Å²) < 4.78 is 18.7. The highest BCUT2D eigenvalue weighted by atomic mass is 35.5. The number of hydrogen-bond acceptors (Lipinski definition) is 14. The van der Waals surface area contributed by atoms with Crippen LogP contribution >= 0.6 is 30.5 Å². The number of amides is 4. The van der Waals surface area contributed by atoms with Crippen molar-refractivity contribution >= 4 is 88.3 Å². The van der Waals surface area contributed by atoms with Crippen molar-refractivity contribution in [3.63, 3.8) is 0 Å². The van der Waals surface area contributed by atoms with Crippen molar-refractivity contribution in [2.24, 2.45) is 0 Å². The van der Waals surface area contributed by atoms with E-state index in [1.165, 1.54) is 6.20 Å². The van der Waals surface area contributed by atoms with Crippen LogP contribution in [0.25, 0.3) is 0 Å². The summed E-state index contributed by atoms with van der Waals surface area (Å²) in [5.74, 6) is 1.32. The van der Waals surface area contributed by atoms with E-state index < -0.39 is 19.1 Å². The first-order chi connectivity index (χ1) is 31.3. The highest BCUT2D eigenvalue weighted by Crippen LogP contribution is 2.39. The third-order valence-corrected chi connectivity index (χ3v) is 15.5. The Morgan fingerprint density at radius 1 is 0.954 bits per heavy atom. The minimum atomic E-state index is -2.56. The summed E-state index contributed by atoms with van der Waals surface area (Å²) in [6, 6.07) is 19.0. The number of para-hydroxylation sites is 1. The number of nitrogens with zero attached hydrogens (tertiary/aromatic N) is 6. The number of piperidine rings is 2. The summed E-state index contributed by atoms with van der Waals surface area (Å²) in [6.07, 6.45) is 4.96. The molecule has 0 spiro atoms. The number of imide groups is 1. The first kappa shape index (κ1) is 46.3. The number of aromatic nitrogens is 2. The van der Waals surface area contributed by atoms with Gasteiger partial charge in [-0.1, -0.05) is 29.8 Å². The van der Waals surface area contributed by atoms with Crippen LogP contribution in [-0.2, 0) is 25.5 Å². The van der Waals surface area contributed by atoms with Crippen LogP contribution in [-0.4, -0.2) is 139 Å². The van der Waals surface area contributed by atoms with Crippen LogP contribution in [0.5, 0.6) is 5.75 Å². The number of fused-ring (bicyclic) bond motifs is 1. The second kappa shape index (κ2) is 20.5. The number of thioether (sulfide) groups is 1. The fourth-order valence-electron chi connectivity index (χ4n) is 9.00. The zero-order valence-electron chi connectivity index (χ0n) is 37.0. The first-order valence-corrected chi connectivity index (χ1v) is 26.1. The lowest BCUT2D eigenvalue weighted by molar-refractivity contribution is -0.137. The van der Waals surface area contributed by atoms with Crippen LogP contribution in [0.15, 0.2) is 71.8 Å². The van der Waals surface area contributed by atoms with Crippen LogP contribution in [0.4, 0.5) is 28.8 Å². The topological polar surface area (TPSA) is 181 Å². The van der Waals surface area contributed by atoms with Gasteiger partial charge >= 0.3 is 0 Å². The van der Waals surface area contributed by atoms with Crippen molar-refractivity contribution in [2.75, 3.05) is 94.1 Å². The van der Waals surface area contributed by atoms with Gasteiger partial charge < -0.3 is 35.1 Å². The fourth-order valence-corrected chi connectivity index (χ4v) is 11.3. The van der Waals surface area contributed by atoms with Crippen molar-refractivity contribution in [2.45, 2.75) is 55.6 Å². The Hall–Kier alpha value is -5.19. The van der Waals surface area contributed by atoms with Gasteiger partial charge in [-0.3, -0.25) is 34.3 Å². The largest absolute Gasteiger partial charge is 0.494 e. The standard InChI is InChI=1S/C46H56ClN10O6PS/c1-63-38-26-31(12-13-35(38)51-46-49-27-34(47)43(53-46)50-36-9-4-5-10-39(36)64(2,3)62)55-19-16-30(17-20-55)56-23-21-54(22-24-56)29-42(59)48-18-7-25-65-40-11-6-8-32-33(40)28-57(45(32)61)37-14-15-41(58)52-44(37)60/h4-6,8-13,26-27,30,37H,7,14-25,28-29H2,1-3H3,(H,48,59)(H,52,58,60)(H2,49,50,51,53). The van der Waals surface area contributed by atoms with E-state index in [1.54, 1.807) is 43.2 Å². The molecule has 8 rings (SSSR count). The molecule has 16 nitrogen and oxygen atoms in total. The number of methoxy groups -OCH3 is 1. The molecule has 4 amide bonds. The molecule has 4 aliphatic heterocycles. The molecule has 0 saturated carbocycles. The van der Waals surface area contributed by atoms with Gasteiger partial charge in [0, 0.05) is 92.3 Å². The lowest BCUT2D eigenvalue weighted by Gasteiger charge is -2.43. The average Bonchev–Trinajstić information content (AvgIpc) is 3.63. The van der Waals surface area contributed by atoms with E-state index in [1.807, 2.05) is 48.5 Å². The highest BCUT2D eigenvalue weighted by molar-refractivity contribution is 7.99. The second-order valence-corrected chi connectivity index (χ2v) is 21.9. The third-order valence-electron chi connectivity index (χ3n) is 12.5. The molecular formula is C46H56ClN10O6PS. The molecule has 4 aliphatic rings. The molecule has 1 atom stereocenters. The number of piperazine rings is 1. The Morgan fingerprint density at radius 3 is 2.49 bits per heavy atom. The zero-order chi connectivity index (χ0) is 45.7. The molecule has 3 aromatic carbocycles. The van der Waals surface area contributed by atoms with Crippen molar-refractivity contribution < 1.29 is 28.5 Å². The predicted molar refractivity (Wildman–Crippen MR) is 256 cm³/mol. The van der Waals surface area contributed by atoms with Gasteiger partial charge in [0.05, 0.1) is 31.2 Å². The van der Waals surface area contributed by atoms with E-state index in [-0.39, 0.29) is 24.1 Å². The van der Waals surface area contributed by atoms with Crippen molar-refractivity contribution in [3.8, 4) is 5.75 Å². The van der Waals surface area contributed by atoms with Gasteiger partial charge in [-0.05, 0) is 86.7 Å². The molecule has 4 N–H and O–H groups in total. The lowest BCUT2D eigenvalue weighted by Crippen LogP contribution is -2.54. The maximum atomic E-state index is 13.2. The van der Waals surface area contributed by atoms with Crippen LogP contribution in [0.2, 0.25) is 5.02 Å². The SMILES string of the molecule is COc1cc(N2CCC(N3CCN(CC(=O)NCCCSc4cccc5c4CN(C4CCC(=O)NC4=O)C5=O)CC3)CC2)ccc1Nc1ncc(Cl)c(Nc2ccccc2P(C)(C)=O)n1. The quantitative estimate of drug-likeness (QED) is 0.0477. The Labute approximate surface area is 388 Å². The summed E-state index contributed by atoms with van der Waals surface area (Å²) in [4.78, 5) is 68.9. The predicted octanol–water partition coefficient (Wildman–Crippen LogP) is 5.52. The Morgan fingerprint density at radius 2 is 1.74 bits per heavy atom. The Bertz CT molecular complexity index is 2480. The van der Waals surface area contributed by atoms with E-state index in [0.29, 0.717) is 76.9 Å². The first-order valence-electron chi connectivity index (χ1n) is 22.1. The van der Waals surface area contributed by atoms with E-state index in [4.69, 9.17) is 16.3 Å². The van der Waals surface area contributed by atoms with Gasteiger partial charge in [0.25, 0.3) is 5.91 Å². The summed E-state index contributed by atoms with van der Waals surface area (Å²) >= 11 is 8.14. The van der Waals surface area contributed by atoms with E-state index >= 15 is 0 Å². The van der Waals surface area contributed by atoms with Crippen LogP contribution in [0, 0.1) is 0 Å². The zero-order valence-corrected chi connectivity index (χ0v) is 39.4. The van der Waals surface area contributed by atoms with Gasteiger partial charge in [0.2, 0.25) is 23.7 Å². The van der Waals surface area contributed by atoms with E-state index in [9.17, 15) is 23.7 Å². The summed E-state index contributed by atoms with van der Waals surface area (Å²) in [5, 5.41) is 13.0. The molecular weight excluding hydrogens is 887 g/mol. The lowest BCUT2D eigenvalue weighted by atomic mass is 10.0. The molecule has 65 heavy (non-hydrogen) atoms. The summed E-state index contributed by atoms with van der Waals surface area (Å²) in [6.45, 7) is 10.2. The van der Waals surface area contributed by atoms with Crippen LogP contribution < -0.4 is 36.2 Å². The molecule has 3 saturated heterocycles. The highest BCUT2D eigenvalue weighted by Gasteiger charge is 2.40. The number of carbonyl (C=O) groups excluding carboxylic acids is 4. The molecule has 19 heteroatoms. The number of rotatable bonds is 16. The molecule has 5 heterocycles. The van der Waals surface area contributed by atoms with E-state index in [0.717, 1.165) is 80.4 Å². The molecule has 1 unspecified atom stereocenters. The molecule has 1 aromatic heterocycles.